The normalized spacial score (nSPS) is 10.6. The van der Waals surface area contributed by atoms with E-state index < -0.39 is 5.97 Å². The van der Waals surface area contributed by atoms with Gasteiger partial charge in [0.1, 0.15) is 5.75 Å². The molecule has 0 unspecified atom stereocenters. The zero-order valence-electron chi connectivity index (χ0n) is 14.8. The van der Waals surface area contributed by atoms with Crippen LogP contribution in [0.3, 0.4) is 0 Å². The zero-order valence-corrected chi connectivity index (χ0v) is 16.4. The predicted octanol–water partition coefficient (Wildman–Crippen LogP) is 4.36. The highest BCUT2D eigenvalue weighted by molar-refractivity contribution is 9.10. The monoisotopic (exact) mass is 436 g/mol. The van der Waals surface area contributed by atoms with Gasteiger partial charge in [0.2, 0.25) is 5.91 Å². The molecule has 0 saturated carbocycles. The second-order valence-corrected chi connectivity index (χ2v) is 6.75. The lowest BCUT2D eigenvalue weighted by Gasteiger charge is -2.06. The van der Waals surface area contributed by atoms with E-state index in [9.17, 15) is 9.59 Å². The van der Waals surface area contributed by atoms with Crippen molar-refractivity contribution in [2.24, 2.45) is 5.10 Å². The van der Waals surface area contributed by atoms with E-state index in [1.165, 1.54) is 6.21 Å². The van der Waals surface area contributed by atoms with Crippen LogP contribution in [0.1, 0.15) is 21.5 Å². The molecule has 3 aromatic rings. The minimum atomic E-state index is -0.443. The standard InChI is InChI=1S/C22H17BrN2O3/c23-20-9-5-4-8-19(20)22(27)28-18-12-10-17(11-13-18)15-24-25-21(26)14-16-6-2-1-3-7-16/h1-13,15H,14H2,(H,25,26)/b24-15-. The van der Waals surface area contributed by atoms with E-state index >= 15 is 0 Å². The first-order valence-electron chi connectivity index (χ1n) is 8.54. The summed E-state index contributed by atoms with van der Waals surface area (Å²) in [5, 5.41) is 3.95. The Morgan fingerprint density at radius 2 is 1.61 bits per heavy atom. The van der Waals surface area contributed by atoms with Crippen LogP contribution in [0.2, 0.25) is 0 Å². The van der Waals surface area contributed by atoms with Gasteiger partial charge in [-0.3, -0.25) is 4.79 Å². The molecule has 0 saturated heterocycles. The third-order valence-corrected chi connectivity index (χ3v) is 4.49. The van der Waals surface area contributed by atoms with Crippen molar-refractivity contribution in [3.8, 4) is 5.75 Å². The van der Waals surface area contributed by atoms with Crippen LogP contribution >= 0.6 is 15.9 Å². The fraction of sp³-hybridized carbons (Fsp3) is 0.0455. The van der Waals surface area contributed by atoms with Crippen molar-refractivity contribution in [2.45, 2.75) is 6.42 Å². The first-order valence-corrected chi connectivity index (χ1v) is 9.34. The third kappa shape index (κ3) is 5.62. The fourth-order valence-corrected chi connectivity index (χ4v) is 2.86. The fourth-order valence-electron chi connectivity index (χ4n) is 2.41. The third-order valence-electron chi connectivity index (χ3n) is 3.79. The van der Waals surface area contributed by atoms with Crippen LogP contribution < -0.4 is 10.2 Å². The van der Waals surface area contributed by atoms with Gasteiger partial charge in [-0.15, -0.1) is 0 Å². The molecule has 0 aromatic heterocycles. The van der Waals surface area contributed by atoms with Crippen LogP contribution in [0, 0.1) is 0 Å². The molecule has 0 spiro atoms. The molecule has 6 heteroatoms. The molecule has 0 fully saturated rings. The Morgan fingerprint density at radius 1 is 0.929 bits per heavy atom. The summed E-state index contributed by atoms with van der Waals surface area (Å²) in [5.41, 5.74) is 4.63. The van der Waals surface area contributed by atoms with Gasteiger partial charge >= 0.3 is 5.97 Å². The Kier molecular flexibility index (Phi) is 6.70. The number of carbonyl (C=O) groups is 2. The van der Waals surface area contributed by atoms with Crippen molar-refractivity contribution in [2.75, 3.05) is 0 Å². The van der Waals surface area contributed by atoms with Gasteiger partial charge < -0.3 is 4.74 Å². The number of hydrogen-bond acceptors (Lipinski definition) is 4. The Bertz CT molecular complexity index is 986. The minimum absolute atomic E-state index is 0.193. The smallest absolute Gasteiger partial charge is 0.344 e. The Labute approximate surface area is 171 Å². The summed E-state index contributed by atoms with van der Waals surface area (Å²) >= 11 is 3.33. The molecule has 5 nitrogen and oxygen atoms in total. The number of amides is 1. The molecule has 0 aliphatic carbocycles. The van der Waals surface area contributed by atoms with Crippen LogP contribution in [0.15, 0.2) is 88.4 Å². The minimum Gasteiger partial charge on any atom is -0.423 e. The maximum Gasteiger partial charge on any atom is 0.344 e. The van der Waals surface area contributed by atoms with Gasteiger partial charge in [0.15, 0.2) is 0 Å². The van der Waals surface area contributed by atoms with E-state index in [4.69, 9.17) is 4.74 Å². The second kappa shape index (κ2) is 9.62. The summed E-state index contributed by atoms with van der Waals surface area (Å²) in [6.45, 7) is 0. The summed E-state index contributed by atoms with van der Waals surface area (Å²) in [6, 6.07) is 23.3. The lowest BCUT2D eigenvalue weighted by molar-refractivity contribution is -0.120. The van der Waals surface area contributed by atoms with Gasteiger partial charge in [0, 0.05) is 4.47 Å². The van der Waals surface area contributed by atoms with Gasteiger partial charge in [-0.05, 0) is 63.5 Å². The number of carbonyl (C=O) groups excluding carboxylic acids is 2. The molecule has 3 rings (SSSR count). The average Bonchev–Trinajstić information content (AvgIpc) is 2.70. The van der Waals surface area contributed by atoms with Gasteiger partial charge in [0.25, 0.3) is 0 Å². The summed E-state index contributed by atoms with van der Waals surface area (Å²) in [5.74, 6) is -0.213. The Morgan fingerprint density at radius 3 is 2.32 bits per heavy atom. The van der Waals surface area contributed by atoms with Crippen LogP contribution in [-0.4, -0.2) is 18.1 Å². The molecule has 3 aromatic carbocycles. The van der Waals surface area contributed by atoms with Crippen molar-refractivity contribution >= 4 is 34.0 Å². The maximum atomic E-state index is 12.2. The van der Waals surface area contributed by atoms with E-state index in [-0.39, 0.29) is 12.3 Å². The van der Waals surface area contributed by atoms with Crippen molar-refractivity contribution in [3.63, 3.8) is 0 Å². The van der Waals surface area contributed by atoms with Gasteiger partial charge in [-0.1, -0.05) is 42.5 Å². The second-order valence-electron chi connectivity index (χ2n) is 5.89. The lowest BCUT2D eigenvalue weighted by Crippen LogP contribution is -2.19. The number of nitrogens with one attached hydrogen (secondary N) is 1. The SMILES string of the molecule is O=C(Cc1ccccc1)N/N=C\c1ccc(OC(=O)c2ccccc2Br)cc1. The van der Waals surface area contributed by atoms with Crippen LogP contribution in [0.25, 0.3) is 0 Å². The molecule has 0 heterocycles. The quantitative estimate of drug-likeness (QED) is 0.270. The molecule has 0 atom stereocenters. The highest BCUT2D eigenvalue weighted by Gasteiger charge is 2.11. The van der Waals surface area contributed by atoms with E-state index in [1.54, 1.807) is 42.5 Å². The molecule has 1 amide bonds. The molecule has 0 radical (unpaired) electrons. The molecular formula is C22H17BrN2O3. The number of esters is 1. The summed E-state index contributed by atoms with van der Waals surface area (Å²) in [4.78, 5) is 24.0. The van der Waals surface area contributed by atoms with Crippen molar-refractivity contribution in [3.05, 3.63) is 100 Å². The number of hydrazone groups is 1. The van der Waals surface area contributed by atoms with Crippen LogP contribution in [0.4, 0.5) is 0 Å². The maximum absolute atomic E-state index is 12.2. The number of ether oxygens (including phenoxy) is 1. The first kappa shape index (κ1) is 19.5. The molecule has 28 heavy (non-hydrogen) atoms. The highest BCUT2D eigenvalue weighted by atomic mass is 79.9. The molecule has 0 aliphatic heterocycles. The van der Waals surface area contributed by atoms with E-state index in [0.717, 1.165) is 11.1 Å². The molecule has 140 valence electrons. The molecule has 0 bridgehead atoms. The number of halogens is 1. The Balaban J connectivity index is 1.52. The number of hydrogen-bond donors (Lipinski definition) is 1. The summed E-state index contributed by atoms with van der Waals surface area (Å²) < 4.78 is 6.04. The van der Waals surface area contributed by atoms with E-state index in [1.807, 2.05) is 36.4 Å². The molecule has 0 aliphatic rings. The zero-order chi connectivity index (χ0) is 19.8. The number of rotatable bonds is 6. The molecule has 1 N–H and O–H groups in total. The van der Waals surface area contributed by atoms with Gasteiger partial charge in [0.05, 0.1) is 18.2 Å². The van der Waals surface area contributed by atoms with Crippen molar-refractivity contribution < 1.29 is 14.3 Å². The topological polar surface area (TPSA) is 67.8 Å². The van der Waals surface area contributed by atoms with Crippen LogP contribution in [0.5, 0.6) is 5.75 Å². The Hall–Kier alpha value is -3.25. The lowest BCUT2D eigenvalue weighted by atomic mass is 10.1. The van der Waals surface area contributed by atoms with Gasteiger partial charge in [-0.2, -0.15) is 5.10 Å². The summed E-state index contributed by atoms with van der Waals surface area (Å²) in [6.07, 6.45) is 1.80. The predicted molar refractivity (Wildman–Crippen MR) is 111 cm³/mol. The largest absolute Gasteiger partial charge is 0.423 e. The number of nitrogens with zero attached hydrogens (tertiary/aromatic N) is 1. The highest BCUT2D eigenvalue weighted by Crippen LogP contribution is 2.19. The first-order chi connectivity index (χ1) is 13.6. The van der Waals surface area contributed by atoms with Crippen LogP contribution in [-0.2, 0) is 11.2 Å². The summed E-state index contributed by atoms with van der Waals surface area (Å²) in [7, 11) is 0. The van der Waals surface area contributed by atoms with Crippen molar-refractivity contribution in [1.29, 1.82) is 0 Å². The van der Waals surface area contributed by atoms with E-state index in [0.29, 0.717) is 15.8 Å². The van der Waals surface area contributed by atoms with E-state index in [2.05, 4.69) is 26.5 Å². The van der Waals surface area contributed by atoms with Gasteiger partial charge in [-0.25, -0.2) is 10.2 Å². The number of benzene rings is 3. The molecular weight excluding hydrogens is 420 g/mol. The van der Waals surface area contributed by atoms with Crippen molar-refractivity contribution in [1.82, 2.24) is 5.43 Å². The average molecular weight is 437 g/mol.